The Hall–Kier alpha value is -2.76. The van der Waals surface area contributed by atoms with E-state index in [4.69, 9.17) is 0 Å². The van der Waals surface area contributed by atoms with Crippen molar-refractivity contribution in [2.75, 3.05) is 5.32 Å². The lowest BCUT2D eigenvalue weighted by Crippen LogP contribution is -2.29. The quantitative estimate of drug-likeness (QED) is 0.288. The Labute approximate surface area is 187 Å². The fourth-order valence-corrected chi connectivity index (χ4v) is 3.43. The number of hydrogen-bond acceptors (Lipinski definition) is 5. The summed E-state index contributed by atoms with van der Waals surface area (Å²) < 4.78 is 0. The Morgan fingerprint density at radius 3 is 2.39 bits per heavy atom. The fraction of sp³-hybridized carbons (Fsp3) is 0.520. The van der Waals surface area contributed by atoms with Crippen LogP contribution in [0.4, 0.5) is 5.82 Å². The molecule has 0 radical (unpaired) electrons. The molecule has 2 N–H and O–H groups in total. The van der Waals surface area contributed by atoms with Crippen LogP contribution in [0, 0.1) is 0 Å². The van der Waals surface area contributed by atoms with Crippen LogP contribution in [0.25, 0.3) is 0 Å². The van der Waals surface area contributed by atoms with E-state index in [0.29, 0.717) is 23.1 Å². The molecule has 6 heteroatoms. The molecule has 0 aliphatic heterocycles. The van der Waals surface area contributed by atoms with Gasteiger partial charge in [-0.25, -0.2) is 9.98 Å². The Morgan fingerprint density at radius 2 is 1.94 bits per heavy atom. The van der Waals surface area contributed by atoms with Gasteiger partial charge in [0.15, 0.2) is 5.82 Å². The van der Waals surface area contributed by atoms with Crippen LogP contribution in [0.3, 0.4) is 0 Å². The number of allylic oxidation sites excluding steroid dienone is 2. The summed E-state index contributed by atoms with van der Waals surface area (Å²) in [5.41, 5.74) is 3.88. The van der Waals surface area contributed by atoms with Gasteiger partial charge in [0.1, 0.15) is 5.82 Å². The summed E-state index contributed by atoms with van der Waals surface area (Å²) in [6, 6.07) is 0. The number of rotatable bonds is 10. The summed E-state index contributed by atoms with van der Waals surface area (Å²) >= 11 is 0. The minimum atomic E-state index is -0.242. The van der Waals surface area contributed by atoms with Crippen molar-refractivity contribution in [2.45, 2.75) is 85.6 Å². The molecule has 1 heterocycles. The van der Waals surface area contributed by atoms with E-state index in [9.17, 15) is 4.79 Å². The number of aromatic nitrogens is 2. The molecule has 0 aromatic carbocycles. The molecule has 1 saturated carbocycles. The van der Waals surface area contributed by atoms with Crippen LogP contribution in [-0.2, 0) is 4.79 Å². The number of nitrogens with zero attached hydrogens (tertiary/aromatic N) is 3. The first kappa shape index (κ1) is 24.5. The minimum absolute atomic E-state index is 0.0161. The van der Waals surface area contributed by atoms with Crippen molar-refractivity contribution in [3.05, 3.63) is 52.8 Å². The second kappa shape index (κ2) is 10.5. The monoisotopic (exact) mass is 423 g/mol. The minimum Gasteiger partial charge on any atom is -0.364 e. The van der Waals surface area contributed by atoms with Crippen LogP contribution in [0.5, 0.6) is 0 Å². The zero-order valence-corrected chi connectivity index (χ0v) is 20.1. The highest BCUT2D eigenvalue weighted by Crippen LogP contribution is 2.37. The first-order valence-electron chi connectivity index (χ1n) is 11.1. The van der Waals surface area contributed by atoms with Crippen molar-refractivity contribution in [1.82, 2.24) is 15.3 Å². The molecule has 2 rings (SSSR count). The molecule has 0 bridgehead atoms. The summed E-state index contributed by atoms with van der Waals surface area (Å²) in [5, 5.41) is 6.42. The zero-order chi connectivity index (χ0) is 23.2. The molecule has 6 nitrogen and oxygen atoms in total. The lowest BCUT2D eigenvalue weighted by atomic mass is 9.95. The summed E-state index contributed by atoms with van der Waals surface area (Å²) in [6.45, 7) is 18.2. The van der Waals surface area contributed by atoms with E-state index in [2.05, 4.69) is 52.9 Å². The van der Waals surface area contributed by atoms with Crippen LogP contribution in [-0.4, -0.2) is 27.6 Å². The molecule has 1 unspecified atom stereocenters. The summed E-state index contributed by atoms with van der Waals surface area (Å²) in [7, 11) is 0. The Balaban J connectivity index is 2.36. The van der Waals surface area contributed by atoms with Crippen molar-refractivity contribution < 1.29 is 4.79 Å². The van der Waals surface area contributed by atoms with Crippen molar-refractivity contribution in [1.29, 1.82) is 0 Å². The van der Waals surface area contributed by atoms with E-state index in [1.165, 1.54) is 0 Å². The molecule has 1 amide bonds. The predicted octanol–water partition coefficient (Wildman–Crippen LogP) is 5.68. The van der Waals surface area contributed by atoms with E-state index in [-0.39, 0.29) is 11.4 Å². The van der Waals surface area contributed by atoms with E-state index < -0.39 is 0 Å². The number of hydrogen-bond donors (Lipinski definition) is 2. The van der Waals surface area contributed by atoms with Gasteiger partial charge in [-0.3, -0.25) is 9.78 Å². The molecule has 0 spiro atoms. The normalized spacial score (nSPS) is 16.4. The van der Waals surface area contributed by atoms with Gasteiger partial charge in [0.05, 0.1) is 18.1 Å². The predicted molar refractivity (Wildman–Crippen MR) is 129 cm³/mol. The van der Waals surface area contributed by atoms with Crippen LogP contribution in [0.2, 0.25) is 0 Å². The van der Waals surface area contributed by atoms with Crippen molar-refractivity contribution in [3.8, 4) is 0 Å². The number of aliphatic imine (C=N–C) groups is 1. The van der Waals surface area contributed by atoms with Crippen LogP contribution >= 0.6 is 0 Å². The van der Waals surface area contributed by atoms with Gasteiger partial charge in [0, 0.05) is 22.9 Å². The molecule has 1 aliphatic rings. The molecule has 31 heavy (non-hydrogen) atoms. The number of amides is 1. The van der Waals surface area contributed by atoms with Gasteiger partial charge in [-0.15, -0.1) is 0 Å². The van der Waals surface area contributed by atoms with E-state index >= 15 is 0 Å². The van der Waals surface area contributed by atoms with Gasteiger partial charge in [-0.05, 0) is 65.4 Å². The summed E-state index contributed by atoms with van der Waals surface area (Å²) in [6.07, 6.45) is 9.41. The SMILES string of the molecule is C=C(C)/C(C(C(=O)Nc1cnc(C(C)CCC)cn1)=C(C)C)=C(\N=CC)NC1(C)CC1. The third-order valence-electron chi connectivity index (χ3n) is 5.46. The average Bonchev–Trinajstić information content (AvgIpc) is 3.42. The van der Waals surface area contributed by atoms with E-state index in [1.807, 2.05) is 27.7 Å². The fourth-order valence-electron chi connectivity index (χ4n) is 3.43. The lowest BCUT2D eigenvalue weighted by Gasteiger charge is -2.21. The Bertz CT molecular complexity index is 900. The number of carbonyl (C=O) groups excluding carboxylic acids is 1. The van der Waals surface area contributed by atoms with E-state index in [1.54, 1.807) is 18.6 Å². The number of anilines is 1. The average molecular weight is 424 g/mol. The van der Waals surface area contributed by atoms with Gasteiger partial charge < -0.3 is 10.6 Å². The molecular formula is C25H37N5O. The number of nitrogens with one attached hydrogen (secondary N) is 2. The maximum absolute atomic E-state index is 13.3. The van der Waals surface area contributed by atoms with Gasteiger partial charge in [-0.1, -0.05) is 32.4 Å². The topological polar surface area (TPSA) is 79.3 Å². The maximum Gasteiger partial charge on any atom is 0.257 e. The first-order valence-corrected chi connectivity index (χ1v) is 11.1. The number of carbonyl (C=O) groups is 1. The largest absolute Gasteiger partial charge is 0.364 e. The molecule has 1 aliphatic carbocycles. The first-order chi connectivity index (χ1) is 14.6. The highest BCUT2D eigenvalue weighted by Gasteiger charge is 2.38. The zero-order valence-electron chi connectivity index (χ0n) is 20.1. The van der Waals surface area contributed by atoms with Crippen LogP contribution in [0.15, 0.2) is 52.1 Å². The van der Waals surface area contributed by atoms with Crippen LogP contribution in [0.1, 0.15) is 85.8 Å². The molecule has 168 valence electrons. The van der Waals surface area contributed by atoms with E-state index in [0.717, 1.165) is 48.1 Å². The second-order valence-corrected chi connectivity index (χ2v) is 8.92. The third-order valence-corrected chi connectivity index (χ3v) is 5.46. The molecule has 1 aromatic rings. The highest BCUT2D eigenvalue weighted by molar-refractivity contribution is 6.08. The second-order valence-electron chi connectivity index (χ2n) is 8.92. The van der Waals surface area contributed by atoms with Gasteiger partial charge in [0.25, 0.3) is 5.91 Å². The van der Waals surface area contributed by atoms with Crippen molar-refractivity contribution in [3.63, 3.8) is 0 Å². The Kier molecular flexibility index (Phi) is 8.31. The maximum atomic E-state index is 13.3. The molecule has 1 atom stereocenters. The molecule has 1 aromatic heterocycles. The Morgan fingerprint density at radius 1 is 1.26 bits per heavy atom. The standard InChI is InChI=1S/C25H37N5O/c1-9-11-18(7)19-14-28-20(15-27-19)29-24(31)22(17(5)6)21(16(3)4)23(26-10-2)30-25(8)12-13-25/h10,14-15,18,30H,3,9,11-13H2,1-2,4-8H3,(H,28,29,31)/b23-21-,26-10?. The summed E-state index contributed by atoms with van der Waals surface area (Å²) in [5.74, 6) is 1.21. The smallest absolute Gasteiger partial charge is 0.257 e. The van der Waals surface area contributed by atoms with Crippen molar-refractivity contribution >= 4 is 17.9 Å². The molecule has 0 saturated heterocycles. The van der Waals surface area contributed by atoms with Gasteiger partial charge in [0.2, 0.25) is 0 Å². The van der Waals surface area contributed by atoms with Gasteiger partial charge >= 0.3 is 0 Å². The third kappa shape index (κ3) is 6.61. The van der Waals surface area contributed by atoms with Crippen molar-refractivity contribution in [2.24, 2.45) is 4.99 Å². The summed E-state index contributed by atoms with van der Waals surface area (Å²) in [4.78, 5) is 26.8. The van der Waals surface area contributed by atoms with Crippen LogP contribution < -0.4 is 10.6 Å². The highest BCUT2D eigenvalue weighted by atomic mass is 16.1. The van der Waals surface area contributed by atoms with Gasteiger partial charge in [-0.2, -0.15) is 0 Å². The lowest BCUT2D eigenvalue weighted by molar-refractivity contribution is -0.112. The molecule has 1 fully saturated rings. The molecular weight excluding hydrogens is 386 g/mol.